The lowest BCUT2D eigenvalue weighted by Gasteiger charge is -2.30. The van der Waals surface area contributed by atoms with Crippen molar-refractivity contribution in [2.24, 2.45) is 0 Å². The maximum atomic E-state index is 12.0. The lowest BCUT2D eigenvalue weighted by Crippen LogP contribution is -2.17. The second-order valence-corrected chi connectivity index (χ2v) is 14.1. The number of hydrogen-bond acceptors (Lipinski definition) is 8. The zero-order valence-electron chi connectivity index (χ0n) is 32.3. The largest absolute Gasteiger partial charge is 0.506 e. The van der Waals surface area contributed by atoms with Gasteiger partial charge >= 0.3 is 0 Å². The molecule has 0 aliphatic heterocycles. The van der Waals surface area contributed by atoms with Gasteiger partial charge in [-0.05, 0) is 92.4 Å². The molecule has 60 heavy (non-hydrogen) atoms. The zero-order chi connectivity index (χ0) is 42.1. The van der Waals surface area contributed by atoms with E-state index in [-0.39, 0.29) is 27.8 Å². The smallest absolute Gasteiger partial charge is 0.186 e. The van der Waals surface area contributed by atoms with Crippen molar-refractivity contribution in [1.29, 1.82) is 0 Å². The summed E-state index contributed by atoms with van der Waals surface area (Å²) >= 11 is 0. The molecule has 0 saturated carbocycles. The SMILES string of the molecule is [B]c1c(O)c(N(c2ccccc2)c2c(O)c(O)c(-c3cc(/C=C\C=C/C)c4ccccc4c3)c(O)c2O)c(O)c(O)c1-c1ccc(-c2ccccc2)c(-c2ccccc2)c1. The number of fused-ring (bicyclic) bond motifs is 1. The molecule has 8 nitrogen and oxygen atoms in total. The highest BCUT2D eigenvalue weighted by atomic mass is 16.3. The molecule has 0 fully saturated rings. The highest BCUT2D eigenvalue weighted by Gasteiger charge is 2.35. The van der Waals surface area contributed by atoms with E-state index in [0.717, 1.165) is 43.5 Å². The van der Waals surface area contributed by atoms with E-state index in [9.17, 15) is 35.7 Å². The third-order valence-corrected chi connectivity index (χ3v) is 10.5. The van der Waals surface area contributed by atoms with Crippen molar-refractivity contribution in [1.82, 2.24) is 0 Å². The van der Waals surface area contributed by atoms with Crippen LogP contribution in [-0.2, 0) is 0 Å². The molecule has 292 valence electrons. The number of phenolic OH excluding ortho intramolecular Hbond substituents is 7. The first-order chi connectivity index (χ1) is 29.1. The van der Waals surface area contributed by atoms with Crippen molar-refractivity contribution in [3.8, 4) is 84.8 Å². The summed E-state index contributed by atoms with van der Waals surface area (Å²) in [5.41, 5.74) is 3.14. The van der Waals surface area contributed by atoms with Crippen molar-refractivity contribution in [3.63, 3.8) is 0 Å². The Morgan fingerprint density at radius 2 is 0.983 bits per heavy atom. The topological polar surface area (TPSA) is 145 Å². The number of rotatable bonds is 9. The molecule has 0 bridgehead atoms. The van der Waals surface area contributed by atoms with Gasteiger partial charge in [0.25, 0.3) is 0 Å². The van der Waals surface area contributed by atoms with E-state index in [1.807, 2.05) is 122 Å². The Labute approximate surface area is 347 Å². The number of benzene rings is 8. The van der Waals surface area contributed by atoms with Gasteiger partial charge in [0.05, 0.1) is 5.56 Å². The first-order valence-electron chi connectivity index (χ1n) is 19.1. The predicted molar refractivity (Wildman–Crippen MR) is 241 cm³/mol. The van der Waals surface area contributed by atoms with Crippen LogP contribution in [0.15, 0.2) is 164 Å². The molecule has 0 unspecified atom stereocenters. The molecule has 0 heterocycles. The van der Waals surface area contributed by atoms with Crippen molar-refractivity contribution in [3.05, 3.63) is 169 Å². The minimum absolute atomic E-state index is 0.0800. The standard InChI is InChI=1S/C51H38BNO7/c1-2-3-7-20-32-27-35(28-33-21-14-15-24-37(32)33)41-46(55)50(59)44(51(60)47(41)56)53(36-22-12-6-13-23-36)43-48(57)42(52)40(45(54)49(43)58)34-25-26-38(30-16-8-4-9-17-30)39(29-34)31-18-10-5-11-19-31/h2-29,54-60H,1H3/b3-2-,20-7-. The van der Waals surface area contributed by atoms with Crippen LogP contribution in [0, 0.1) is 0 Å². The average molecular weight is 788 g/mol. The van der Waals surface area contributed by atoms with E-state index in [2.05, 4.69) is 0 Å². The summed E-state index contributed by atoms with van der Waals surface area (Å²) in [5.74, 6) is -5.75. The fourth-order valence-electron chi connectivity index (χ4n) is 7.66. The summed E-state index contributed by atoms with van der Waals surface area (Å²) in [7, 11) is 6.67. The molecular weight excluding hydrogens is 749 g/mol. The number of anilines is 3. The lowest BCUT2D eigenvalue weighted by atomic mass is 9.82. The Hall–Kier alpha value is -8.04. The van der Waals surface area contributed by atoms with Gasteiger partial charge in [0, 0.05) is 11.3 Å². The maximum absolute atomic E-state index is 12.0. The second-order valence-electron chi connectivity index (χ2n) is 14.1. The van der Waals surface area contributed by atoms with E-state index in [4.69, 9.17) is 7.85 Å². The maximum Gasteiger partial charge on any atom is 0.186 e. The predicted octanol–water partition coefficient (Wildman–Crippen LogP) is 11.3. The van der Waals surface area contributed by atoms with Crippen LogP contribution in [0.25, 0.3) is 61.4 Å². The summed E-state index contributed by atoms with van der Waals surface area (Å²) in [5, 5.41) is 84.6. The summed E-state index contributed by atoms with van der Waals surface area (Å²) in [4.78, 5) is 0.998. The Morgan fingerprint density at radius 1 is 0.450 bits per heavy atom. The van der Waals surface area contributed by atoms with Crippen molar-refractivity contribution in [2.75, 3.05) is 4.90 Å². The minimum Gasteiger partial charge on any atom is -0.506 e. The average Bonchev–Trinajstić information content (AvgIpc) is 3.28. The summed E-state index contributed by atoms with van der Waals surface area (Å²) in [6.07, 6.45) is 7.42. The van der Waals surface area contributed by atoms with Crippen LogP contribution in [-0.4, -0.2) is 43.6 Å². The van der Waals surface area contributed by atoms with Crippen LogP contribution >= 0.6 is 0 Å². The van der Waals surface area contributed by atoms with Gasteiger partial charge in [0.15, 0.2) is 34.5 Å². The first-order valence-corrected chi connectivity index (χ1v) is 19.1. The van der Waals surface area contributed by atoms with Gasteiger partial charge in [-0.1, -0.05) is 140 Å². The fraction of sp³-hybridized carbons (Fsp3) is 0.0196. The highest BCUT2D eigenvalue weighted by molar-refractivity contribution is 6.39. The molecule has 0 amide bonds. The summed E-state index contributed by atoms with van der Waals surface area (Å²) < 4.78 is 0. The van der Waals surface area contributed by atoms with Crippen LogP contribution in [0.1, 0.15) is 12.5 Å². The Kier molecular flexibility index (Phi) is 10.4. The lowest BCUT2D eigenvalue weighted by molar-refractivity contribution is 0.376. The van der Waals surface area contributed by atoms with Crippen LogP contribution in [0.4, 0.5) is 17.1 Å². The summed E-state index contributed by atoms with van der Waals surface area (Å²) in [6.45, 7) is 1.89. The van der Waals surface area contributed by atoms with Crippen molar-refractivity contribution < 1.29 is 35.7 Å². The van der Waals surface area contributed by atoms with Crippen LogP contribution in [0.3, 0.4) is 0 Å². The third kappa shape index (κ3) is 6.78. The normalized spacial score (nSPS) is 11.5. The number of hydrogen-bond donors (Lipinski definition) is 7. The summed E-state index contributed by atoms with van der Waals surface area (Å²) in [6, 6.07) is 43.7. The molecule has 0 aromatic heterocycles. The molecule has 8 aromatic carbocycles. The molecule has 2 radical (unpaired) electrons. The van der Waals surface area contributed by atoms with E-state index < -0.39 is 51.6 Å². The third-order valence-electron chi connectivity index (χ3n) is 10.5. The van der Waals surface area contributed by atoms with Crippen LogP contribution in [0.5, 0.6) is 40.2 Å². The minimum atomic E-state index is -0.909. The Balaban J connectivity index is 1.33. The van der Waals surface area contributed by atoms with Crippen LogP contribution in [0.2, 0.25) is 0 Å². The van der Waals surface area contributed by atoms with Gasteiger partial charge in [-0.15, -0.1) is 0 Å². The van der Waals surface area contributed by atoms with E-state index in [1.54, 1.807) is 42.5 Å². The molecule has 0 saturated heterocycles. The number of allylic oxidation sites excluding steroid dienone is 3. The Bertz CT molecular complexity index is 2910. The second kappa shape index (κ2) is 16.1. The van der Waals surface area contributed by atoms with Gasteiger partial charge in [0.1, 0.15) is 25.0 Å². The van der Waals surface area contributed by atoms with Gasteiger partial charge in [-0.3, -0.25) is 4.90 Å². The zero-order valence-corrected chi connectivity index (χ0v) is 32.3. The van der Waals surface area contributed by atoms with Crippen LogP contribution < -0.4 is 10.4 Å². The fourth-order valence-corrected chi connectivity index (χ4v) is 7.66. The van der Waals surface area contributed by atoms with Crippen molar-refractivity contribution in [2.45, 2.75) is 6.92 Å². The van der Waals surface area contributed by atoms with Gasteiger partial charge < -0.3 is 35.7 Å². The van der Waals surface area contributed by atoms with Gasteiger partial charge in [-0.2, -0.15) is 0 Å². The van der Waals surface area contributed by atoms with Gasteiger partial charge in [-0.25, -0.2) is 0 Å². The molecule has 7 N–H and O–H groups in total. The monoisotopic (exact) mass is 787 g/mol. The van der Waals surface area contributed by atoms with Crippen molar-refractivity contribution >= 4 is 47.2 Å². The molecule has 0 aliphatic carbocycles. The quantitative estimate of drug-likeness (QED) is 0.0331. The van der Waals surface area contributed by atoms with E-state index >= 15 is 0 Å². The van der Waals surface area contributed by atoms with E-state index in [1.165, 1.54) is 12.1 Å². The Morgan fingerprint density at radius 3 is 1.60 bits per heavy atom. The first kappa shape index (κ1) is 38.8. The van der Waals surface area contributed by atoms with E-state index in [0.29, 0.717) is 5.56 Å². The highest BCUT2D eigenvalue weighted by Crippen LogP contribution is 2.61. The molecule has 8 rings (SSSR count). The molecule has 9 heteroatoms. The number of para-hydroxylation sites is 1. The number of nitrogens with zero attached hydrogens (tertiary/aromatic N) is 1. The number of phenols is 7. The molecule has 0 aliphatic rings. The molecule has 0 atom stereocenters. The van der Waals surface area contributed by atoms with Gasteiger partial charge in [0.2, 0.25) is 0 Å². The molecule has 8 aromatic rings. The number of aromatic hydroxyl groups is 7. The molecule has 0 spiro atoms. The molecular formula is C51H38BNO7.